The van der Waals surface area contributed by atoms with Gasteiger partial charge < -0.3 is 4.74 Å². The lowest BCUT2D eigenvalue weighted by Crippen LogP contribution is -2.29. The summed E-state index contributed by atoms with van der Waals surface area (Å²) in [6.45, 7) is 4.51. The van der Waals surface area contributed by atoms with Crippen LogP contribution in [0.25, 0.3) is 0 Å². The summed E-state index contributed by atoms with van der Waals surface area (Å²) in [6.07, 6.45) is 2.73. The SMILES string of the molecule is Cc1ccc(N(Cc2ccc(C(=O)N/N=C\c3ccccc3OCc3ccccc3)cc2)S(C)(=O)=O)cc1C. The summed E-state index contributed by atoms with van der Waals surface area (Å²) >= 11 is 0. The third kappa shape index (κ3) is 7.55. The van der Waals surface area contributed by atoms with Crippen molar-refractivity contribution in [2.24, 2.45) is 5.10 Å². The van der Waals surface area contributed by atoms with E-state index in [1.54, 1.807) is 36.5 Å². The number of benzene rings is 4. The number of nitrogens with one attached hydrogen (secondary N) is 1. The summed E-state index contributed by atoms with van der Waals surface area (Å²) in [5, 5.41) is 4.10. The summed E-state index contributed by atoms with van der Waals surface area (Å²) in [6, 6.07) is 29.7. The molecule has 0 saturated heterocycles. The molecule has 0 heterocycles. The standard InChI is InChI=1S/C31H31N3O4S/c1-23-13-18-29(19-24(23)2)34(39(3,36)37)21-25-14-16-27(17-15-25)31(35)33-32-20-28-11-7-8-12-30(28)38-22-26-9-5-4-6-10-26/h4-20H,21-22H2,1-3H3,(H,33,35)/b32-20-. The molecular formula is C31H31N3O4S. The summed E-state index contributed by atoms with van der Waals surface area (Å²) in [5.74, 6) is 0.275. The van der Waals surface area contributed by atoms with Crippen LogP contribution >= 0.6 is 0 Å². The first-order valence-corrected chi connectivity index (χ1v) is 14.3. The first kappa shape index (κ1) is 27.6. The average Bonchev–Trinajstić information content (AvgIpc) is 2.93. The number of anilines is 1. The van der Waals surface area contributed by atoms with Gasteiger partial charge in [-0.25, -0.2) is 13.8 Å². The Hall–Kier alpha value is -4.43. The molecule has 0 bridgehead atoms. The molecule has 0 spiro atoms. The van der Waals surface area contributed by atoms with Crippen LogP contribution in [0.5, 0.6) is 5.75 Å². The number of carbonyl (C=O) groups is 1. The van der Waals surface area contributed by atoms with Crippen molar-refractivity contribution in [3.05, 3.63) is 130 Å². The second-order valence-electron chi connectivity index (χ2n) is 9.25. The van der Waals surface area contributed by atoms with Crippen molar-refractivity contribution >= 4 is 27.8 Å². The molecular weight excluding hydrogens is 510 g/mol. The van der Waals surface area contributed by atoms with Crippen molar-refractivity contribution in [3.63, 3.8) is 0 Å². The molecule has 4 rings (SSSR count). The van der Waals surface area contributed by atoms with Crippen LogP contribution in [0.2, 0.25) is 0 Å². The number of ether oxygens (including phenoxy) is 1. The van der Waals surface area contributed by atoms with Crippen molar-refractivity contribution in [1.29, 1.82) is 0 Å². The predicted molar refractivity (Wildman–Crippen MR) is 156 cm³/mol. The number of hydrogen-bond acceptors (Lipinski definition) is 5. The van der Waals surface area contributed by atoms with Gasteiger partial charge in [0.2, 0.25) is 10.0 Å². The van der Waals surface area contributed by atoms with Crippen LogP contribution in [0.4, 0.5) is 5.69 Å². The number of rotatable bonds is 10. The lowest BCUT2D eigenvalue weighted by molar-refractivity contribution is 0.0955. The van der Waals surface area contributed by atoms with Gasteiger partial charge in [-0.1, -0.05) is 60.7 Å². The molecule has 7 nitrogen and oxygen atoms in total. The largest absolute Gasteiger partial charge is 0.488 e. The highest BCUT2D eigenvalue weighted by atomic mass is 32.2. The van der Waals surface area contributed by atoms with E-state index in [2.05, 4.69) is 10.5 Å². The fraction of sp³-hybridized carbons (Fsp3) is 0.161. The van der Waals surface area contributed by atoms with Gasteiger partial charge in [-0.05, 0) is 72.5 Å². The van der Waals surface area contributed by atoms with Gasteiger partial charge in [0.15, 0.2) is 0 Å². The molecule has 0 atom stereocenters. The highest BCUT2D eigenvalue weighted by molar-refractivity contribution is 7.92. The zero-order chi connectivity index (χ0) is 27.8. The average molecular weight is 542 g/mol. The maximum absolute atomic E-state index is 12.7. The lowest BCUT2D eigenvalue weighted by Gasteiger charge is -2.23. The second-order valence-corrected chi connectivity index (χ2v) is 11.2. The van der Waals surface area contributed by atoms with Gasteiger partial charge in [0.1, 0.15) is 12.4 Å². The van der Waals surface area contributed by atoms with Gasteiger partial charge in [0.25, 0.3) is 5.91 Å². The molecule has 0 aromatic heterocycles. The molecule has 0 aliphatic rings. The molecule has 1 amide bonds. The highest BCUT2D eigenvalue weighted by Gasteiger charge is 2.18. The third-order valence-electron chi connectivity index (χ3n) is 6.25. The van der Waals surface area contributed by atoms with E-state index in [1.165, 1.54) is 10.6 Å². The maximum atomic E-state index is 12.7. The molecule has 4 aromatic carbocycles. The normalized spacial score (nSPS) is 11.4. The van der Waals surface area contributed by atoms with Crippen molar-refractivity contribution in [1.82, 2.24) is 5.43 Å². The minimum Gasteiger partial charge on any atom is -0.488 e. The van der Waals surface area contributed by atoms with Gasteiger partial charge in [0.05, 0.1) is 24.7 Å². The lowest BCUT2D eigenvalue weighted by atomic mass is 10.1. The Morgan fingerprint density at radius 1 is 0.872 bits per heavy atom. The topological polar surface area (TPSA) is 88.1 Å². The second kappa shape index (κ2) is 12.4. The number of para-hydroxylation sites is 1. The van der Waals surface area contributed by atoms with E-state index in [0.717, 1.165) is 27.8 Å². The third-order valence-corrected chi connectivity index (χ3v) is 7.39. The minimum absolute atomic E-state index is 0.154. The first-order valence-electron chi connectivity index (χ1n) is 12.4. The molecule has 0 unspecified atom stereocenters. The molecule has 8 heteroatoms. The van der Waals surface area contributed by atoms with Crippen LogP contribution in [0.15, 0.2) is 102 Å². The summed E-state index contributed by atoms with van der Waals surface area (Å²) in [5.41, 5.74) is 8.19. The summed E-state index contributed by atoms with van der Waals surface area (Å²) < 4.78 is 32.3. The molecule has 4 aromatic rings. The maximum Gasteiger partial charge on any atom is 0.271 e. The Kier molecular flexibility index (Phi) is 8.78. The van der Waals surface area contributed by atoms with Crippen LogP contribution < -0.4 is 14.5 Å². The molecule has 0 radical (unpaired) electrons. The van der Waals surface area contributed by atoms with Gasteiger partial charge in [-0.3, -0.25) is 9.10 Å². The summed E-state index contributed by atoms with van der Waals surface area (Å²) in [4.78, 5) is 12.7. The van der Waals surface area contributed by atoms with E-state index in [4.69, 9.17) is 4.74 Å². The van der Waals surface area contributed by atoms with E-state index in [9.17, 15) is 13.2 Å². The van der Waals surface area contributed by atoms with Gasteiger partial charge >= 0.3 is 0 Å². The number of aryl methyl sites for hydroxylation is 2. The van der Waals surface area contributed by atoms with Crippen LogP contribution in [-0.2, 0) is 23.2 Å². The molecule has 0 fully saturated rings. The Balaban J connectivity index is 1.39. The molecule has 39 heavy (non-hydrogen) atoms. The quantitative estimate of drug-likeness (QED) is 0.209. The van der Waals surface area contributed by atoms with Gasteiger partial charge in [-0.2, -0.15) is 5.10 Å². The van der Waals surface area contributed by atoms with Crippen LogP contribution in [-0.4, -0.2) is 26.8 Å². The first-order chi connectivity index (χ1) is 18.7. The van der Waals surface area contributed by atoms with Crippen molar-refractivity contribution in [2.75, 3.05) is 10.6 Å². The number of nitrogens with zero attached hydrogens (tertiary/aromatic N) is 2. The van der Waals surface area contributed by atoms with E-state index in [1.807, 2.05) is 80.6 Å². The smallest absolute Gasteiger partial charge is 0.271 e. The molecule has 1 N–H and O–H groups in total. The Bertz CT molecular complexity index is 1570. The fourth-order valence-corrected chi connectivity index (χ4v) is 4.77. The van der Waals surface area contributed by atoms with E-state index < -0.39 is 10.0 Å². The Morgan fingerprint density at radius 3 is 2.26 bits per heavy atom. The van der Waals surface area contributed by atoms with Crippen molar-refractivity contribution in [3.8, 4) is 5.75 Å². The molecule has 200 valence electrons. The van der Waals surface area contributed by atoms with E-state index in [0.29, 0.717) is 23.6 Å². The zero-order valence-corrected chi connectivity index (χ0v) is 23.0. The van der Waals surface area contributed by atoms with Crippen LogP contribution in [0, 0.1) is 13.8 Å². The van der Waals surface area contributed by atoms with E-state index >= 15 is 0 Å². The number of sulfonamides is 1. The minimum atomic E-state index is -3.51. The van der Waals surface area contributed by atoms with Crippen LogP contribution in [0.3, 0.4) is 0 Å². The van der Waals surface area contributed by atoms with Gasteiger partial charge in [0, 0.05) is 11.1 Å². The van der Waals surface area contributed by atoms with E-state index in [-0.39, 0.29) is 12.5 Å². The van der Waals surface area contributed by atoms with Gasteiger partial charge in [-0.15, -0.1) is 0 Å². The Morgan fingerprint density at radius 2 is 1.56 bits per heavy atom. The Labute approximate surface area is 229 Å². The highest BCUT2D eigenvalue weighted by Crippen LogP contribution is 2.24. The molecule has 0 saturated carbocycles. The fourth-order valence-electron chi connectivity index (χ4n) is 3.89. The molecule has 0 aliphatic heterocycles. The zero-order valence-electron chi connectivity index (χ0n) is 22.2. The number of hydrogen-bond donors (Lipinski definition) is 1. The van der Waals surface area contributed by atoms with Crippen molar-refractivity contribution in [2.45, 2.75) is 27.0 Å². The summed E-state index contributed by atoms with van der Waals surface area (Å²) in [7, 11) is -3.51. The molecule has 0 aliphatic carbocycles. The number of hydrazone groups is 1. The van der Waals surface area contributed by atoms with Crippen LogP contribution in [0.1, 0.15) is 38.2 Å². The van der Waals surface area contributed by atoms with Crippen molar-refractivity contribution < 1.29 is 17.9 Å². The number of carbonyl (C=O) groups excluding carboxylic acids is 1. The monoisotopic (exact) mass is 541 g/mol. The number of amides is 1. The predicted octanol–water partition coefficient (Wildman–Crippen LogP) is 5.61.